The first kappa shape index (κ1) is 28.9. The summed E-state index contributed by atoms with van der Waals surface area (Å²) in [6.07, 6.45) is 0.388. The maximum Gasteiger partial charge on any atom is 0.408 e. The maximum absolute atomic E-state index is 13.5. The van der Waals surface area contributed by atoms with Gasteiger partial charge in [-0.05, 0) is 64.7 Å². The lowest BCUT2D eigenvalue weighted by atomic mass is 9.93. The lowest BCUT2D eigenvalue weighted by Crippen LogP contribution is -2.53. The third-order valence-corrected chi connectivity index (χ3v) is 5.30. The van der Waals surface area contributed by atoms with Gasteiger partial charge >= 0.3 is 6.09 Å². The van der Waals surface area contributed by atoms with Gasteiger partial charge in [-0.1, -0.05) is 31.5 Å². The van der Waals surface area contributed by atoms with Gasteiger partial charge < -0.3 is 26.0 Å². The van der Waals surface area contributed by atoms with Crippen molar-refractivity contribution in [3.8, 4) is 0 Å². The van der Waals surface area contributed by atoms with Gasteiger partial charge in [0.25, 0.3) is 0 Å². The molecular formula is C25H40N4O5. The zero-order chi connectivity index (χ0) is 26.2. The molecule has 34 heavy (non-hydrogen) atoms. The molecule has 0 fully saturated rings. The molecule has 0 spiro atoms. The molecule has 1 aromatic carbocycles. The third kappa shape index (κ3) is 8.68. The lowest BCUT2D eigenvalue weighted by Gasteiger charge is -2.33. The molecule has 4 N–H and O–H groups in total. The number of aryl methyl sites for hydroxylation is 2. The van der Waals surface area contributed by atoms with E-state index in [0.717, 1.165) is 24.0 Å². The number of nitrogens with two attached hydrogens (primary N) is 1. The standard InChI is InChI=1S/C25H40N4O5/c1-9-11-17(4)27-22(31)21(20-15(2)12-10-13-16(20)3)29(8)23(32)18(14-19(26)30)28-24(33)34-25(5,6)7/h10,12-13,17-18,21H,9,11,14H2,1-8H3,(H2,26,30)(H,27,31)(H,28,33). The van der Waals surface area contributed by atoms with Gasteiger partial charge in [-0.15, -0.1) is 0 Å². The third-order valence-electron chi connectivity index (χ3n) is 5.30. The topological polar surface area (TPSA) is 131 Å². The Labute approximate surface area is 202 Å². The van der Waals surface area contributed by atoms with Crippen molar-refractivity contribution in [2.75, 3.05) is 7.05 Å². The summed E-state index contributed by atoms with van der Waals surface area (Å²) < 4.78 is 5.24. The number of primary amides is 1. The maximum atomic E-state index is 13.5. The summed E-state index contributed by atoms with van der Waals surface area (Å²) >= 11 is 0. The van der Waals surface area contributed by atoms with Crippen LogP contribution < -0.4 is 16.4 Å². The Morgan fingerprint density at radius 2 is 1.65 bits per heavy atom. The fraction of sp³-hybridized carbons (Fsp3) is 0.600. The summed E-state index contributed by atoms with van der Waals surface area (Å²) in [5, 5.41) is 5.42. The molecule has 4 amide bonds. The highest BCUT2D eigenvalue weighted by Crippen LogP contribution is 2.28. The highest BCUT2D eigenvalue weighted by Gasteiger charge is 2.36. The van der Waals surface area contributed by atoms with Gasteiger partial charge in [-0.2, -0.15) is 0 Å². The molecule has 0 aromatic heterocycles. The normalized spacial score (nSPS) is 13.9. The van der Waals surface area contributed by atoms with Gasteiger partial charge in [0.2, 0.25) is 17.7 Å². The summed E-state index contributed by atoms with van der Waals surface area (Å²) in [6.45, 7) is 12.7. The molecule has 9 nitrogen and oxygen atoms in total. The van der Waals surface area contributed by atoms with Crippen LogP contribution in [0.4, 0.5) is 4.79 Å². The van der Waals surface area contributed by atoms with Gasteiger partial charge in [-0.25, -0.2) is 4.79 Å². The number of benzene rings is 1. The molecule has 190 valence electrons. The quantitative estimate of drug-likeness (QED) is 0.478. The second kappa shape index (κ2) is 12.4. The molecule has 9 heteroatoms. The van der Waals surface area contributed by atoms with Crippen LogP contribution in [0.25, 0.3) is 0 Å². The minimum absolute atomic E-state index is 0.0888. The molecule has 3 atom stereocenters. The van der Waals surface area contributed by atoms with Gasteiger partial charge in [0.05, 0.1) is 6.42 Å². The van der Waals surface area contributed by atoms with Crippen LogP contribution in [-0.2, 0) is 19.1 Å². The van der Waals surface area contributed by atoms with E-state index >= 15 is 0 Å². The predicted octanol–water partition coefficient (Wildman–Crippen LogP) is 2.88. The number of carbonyl (C=O) groups is 4. The minimum Gasteiger partial charge on any atom is -0.444 e. The molecule has 0 aliphatic rings. The van der Waals surface area contributed by atoms with Gasteiger partial charge in [0.15, 0.2) is 0 Å². The Balaban J connectivity index is 3.37. The molecule has 0 heterocycles. The number of likely N-dealkylation sites (N-methyl/N-ethyl adjacent to an activating group) is 1. The highest BCUT2D eigenvalue weighted by atomic mass is 16.6. The lowest BCUT2D eigenvalue weighted by molar-refractivity contribution is -0.142. The van der Waals surface area contributed by atoms with E-state index in [1.54, 1.807) is 20.8 Å². The van der Waals surface area contributed by atoms with E-state index in [0.29, 0.717) is 5.56 Å². The Hall–Kier alpha value is -3.10. The largest absolute Gasteiger partial charge is 0.444 e. The van der Waals surface area contributed by atoms with E-state index in [1.807, 2.05) is 45.9 Å². The van der Waals surface area contributed by atoms with E-state index in [1.165, 1.54) is 11.9 Å². The van der Waals surface area contributed by atoms with Crippen molar-refractivity contribution in [2.45, 2.75) is 91.5 Å². The molecule has 0 saturated heterocycles. The number of hydrogen-bond donors (Lipinski definition) is 3. The van der Waals surface area contributed by atoms with Crippen molar-refractivity contribution < 1.29 is 23.9 Å². The molecular weight excluding hydrogens is 436 g/mol. The first-order chi connectivity index (χ1) is 15.7. The number of nitrogens with zero attached hydrogens (tertiary/aromatic N) is 1. The molecule has 0 bridgehead atoms. The minimum atomic E-state index is -1.29. The van der Waals surface area contributed by atoms with Crippen molar-refractivity contribution in [3.63, 3.8) is 0 Å². The van der Waals surface area contributed by atoms with E-state index < -0.39 is 42.0 Å². The van der Waals surface area contributed by atoms with Crippen molar-refractivity contribution in [3.05, 3.63) is 34.9 Å². The monoisotopic (exact) mass is 476 g/mol. The first-order valence-corrected chi connectivity index (χ1v) is 11.6. The number of alkyl carbamates (subject to hydrolysis) is 1. The first-order valence-electron chi connectivity index (χ1n) is 11.6. The second-order valence-corrected chi connectivity index (χ2v) is 9.72. The smallest absolute Gasteiger partial charge is 0.408 e. The number of rotatable bonds is 10. The molecule has 0 radical (unpaired) electrons. The summed E-state index contributed by atoms with van der Waals surface area (Å²) in [4.78, 5) is 52.2. The summed E-state index contributed by atoms with van der Waals surface area (Å²) in [6, 6.07) is 3.28. The van der Waals surface area contributed by atoms with Crippen LogP contribution >= 0.6 is 0 Å². The van der Waals surface area contributed by atoms with Crippen LogP contribution in [-0.4, -0.2) is 53.4 Å². The van der Waals surface area contributed by atoms with E-state index in [4.69, 9.17) is 10.5 Å². The zero-order valence-corrected chi connectivity index (χ0v) is 21.7. The fourth-order valence-corrected chi connectivity index (χ4v) is 3.81. The Kier molecular flexibility index (Phi) is 10.5. The average molecular weight is 477 g/mol. The van der Waals surface area contributed by atoms with Crippen molar-refractivity contribution in [2.24, 2.45) is 5.73 Å². The average Bonchev–Trinajstić information content (AvgIpc) is 2.67. The van der Waals surface area contributed by atoms with Crippen LogP contribution in [0.15, 0.2) is 18.2 Å². The van der Waals surface area contributed by atoms with E-state index in [-0.39, 0.29) is 11.9 Å². The Morgan fingerprint density at radius 3 is 2.12 bits per heavy atom. The van der Waals surface area contributed by atoms with Gasteiger partial charge in [-0.3, -0.25) is 14.4 Å². The molecule has 1 rings (SSSR count). The van der Waals surface area contributed by atoms with Crippen molar-refractivity contribution in [1.82, 2.24) is 15.5 Å². The van der Waals surface area contributed by atoms with Crippen LogP contribution in [0.1, 0.15) is 76.6 Å². The highest BCUT2D eigenvalue weighted by molar-refractivity contribution is 5.94. The van der Waals surface area contributed by atoms with E-state index in [9.17, 15) is 19.2 Å². The van der Waals surface area contributed by atoms with Crippen LogP contribution in [0, 0.1) is 13.8 Å². The number of nitrogens with one attached hydrogen (secondary N) is 2. The molecule has 0 saturated carbocycles. The van der Waals surface area contributed by atoms with E-state index in [2.05, 4.69) is 10.6 Å². The van der Waals surface area contributed by atoms with Crippen molar-refractivity contribution >= 4 is 23.8 Å². The number of amides is 4. The Morgan fingerprint density at radius 1 is 1.09 bits per heavy atom. The molecule has 0 aliphatic heterocycles. The summed E-state index contributed by atoms with van der Waals surface area (Å²) in [5.74, 6) is -1.74. The molecule has 1 aromatic rings. The molecule has 3 unspecified atom stereocenters. The van der Waals surface area contributed by atoms with Crippen LogP contribution in [0.3, 0.4) is 0 Å². The number of carbonyl (C=O) groups excluding carboxylic acids is 4. The predicted molar refractivity (Wildman–Crippen MR) is 131 cm³/mol. The van der Waals surface area contributed by atoms with Gasteiger partial charge in [0.1, 0.15) is 17.7 Å². The summed E-state index contributed by atoms with van der Waals surface area (Å²) in [5.41, 5.74) is 6.92. The zero-order valence-electron chi connectivity index (χ0n) is 21.7. The number of ether oxygens (including phenoxy) is 1. The second-order valence-electron chi connectivity index (χ2n) is 9.72. The number of hydrogen-bond acceptors (Lipinski definition) is 5. The molecule has 0 aliphatic carbocycles. The van der Waals surface area contributed by atoms with Crippen LogP contribution in [0.2, 0.25) is 0 Å². The SMILES string of the molecule is CCCC(C)NC(=O)C(c1c(C)cccc1C)N(C)C(=O)C(CC(N)=O)NC(=O)OC(C)(C)C. The van der Waals surface area contributed by atoms with Crippen LogP contribution in [0.5, 0.6) is 0 Å². The van der Waals surface area contributed by atoms with Gasteiger partial charge in [0, 0.05) is 13.1 Å². The van der Waals surface area contributed by atoms with Crippen molar-refractivity contribution in [1.29, 1.82) is 0 Å². The summed E-state index contributed by atoms with van der Waals surface area (Å²) in [7, 11) is 1.48. The Bertz CT molecular complexity index is 874. The fourth-order valence-electron chi connectivity index (χ4n) is 3.81.